The van der Waals surface area contributed by atoms with E-state index in [9.17, 15) is 0 Å². The molecule has 0 radical (unpaired) electrons. The van der Waals surface area contributed by atoms with E-state index >= 15 is 0 Å². The van der Waals surface area contributed by atoms with Crippen molar-refractivity contribution in [3.05, 3.63) is 29.5 Å². The van der Waals surface area contributed by atoms with Crippen molar-refractivity contribution in [2.75, 3.05) is 0 Å². The van der Waals surface area contributed by atoms with Crippen molar-refractivity contribution in [1.29, 1.82) is 0 Å². The molecule has 0 aromatic rings. The van der Waals surface area contributed by atoms with Crippen LogP contribution in [0, 0.1) is 5.92 Å². The topological polar surface area (TPSA) is 0 Å². The summed E-state index contributed by atoms with van der Waals surface area (Å²) >= 11 is 0. The highest BCUT2D eigenvalue weighted by Crippen LogP contribution is 2.29. The molecule has 2 aliphatic rings. The van der Waals surface area contributed by atoms with Gasteiger partial charge in [0, 0.05) is 5.92 Å². The number of rotatable bonds is 1. The zero-order valence-electron chi connectivity index (χ0n) is 6.14. The fraction of sp³-hybridized carbons (Fsp3) is 0.500. The van der Waals surface area contributed by atoms with Gasteiger partial charge in [-0.25, -0.2) is 0 Å². The third-order valence-electron chi connectivity index (χ3n) is 2.34. The molecule has 2 rings (SSSR count). The first-order valence-electron chi connectivity index (χ1n) is 4.07. The van der Waals surface area contributed by atoms with Gasteiger partial charge in [0.25, 0.3) is 0 Å². The second-order valence-corrected chi connectivity index (χ2v) is 3.05. The molecular weight excluding hydrogens is 120 g/mol. The van der Waals surface area contributed by atoms with Crippen molar-refractivity contribution in [3.63, 3.8) is 0 Å². The fourth-order valence-electron chi connectivity index (χ4n) is 1.74. The fourth-order valence-corrected chi connectivity index (χ4v) is 1.74. The van der Waals surface area contributed by atoms with E-state index in [0.29, 0.717) is 0 Å². The summed E-state index contributed by atoms with van der Waals surface area (Å²) in [5, 5.41) is 0. The van der Waals surface area contributed by atoms with Gasteiger partial charge < -0.3 is 0 Å². The lowest BCUT2D eigenvalue weighted by Gasteiger charge is -2.06. The molecule has 0 spiro atoms. The number of hydrogen-bond acceptors (Lipinski definition) is 0. The maximum Gasteiger partial charge on any atom is 0.00931 e. The van der Waals surface area contributed by atoms with Gasteiger partial charge in [0.2, 0.25) is 0 Å². The Morgan fingerprint density at radius 2 is 2.50 bits per heavy atom. The lowest BCUT2D eigenvalue weighted by Crippen LogP contribution is -1.93. The highest BCUT2D eigenvalue weighted by atomic mass is 14.2. The highest BCUT2D eigenvalue weighted by Gasteiger charge is 2.14. The van der Waals surface area contributed by atoms with E-state index in [0.717, 1.165) is 5.92 Å². The van der Waals surface area contributed by atoms with Crippen molar-refractivity contribution >= 4 is 0 Å². The maximum absolute atomic E-state index is 3.16. The average Bonchev–Trinajstić information content (AvgIpc) is 2.59. The molecule has 0 nitrogen and oxygen atoms in total. The van der Waals surface area contributed by atoms with E-state index < -0.39 is 0 Å². The maximum atomic E-state index is 3.16. The largest absolute Gasteiger partial charge is 0.129 e. The van der Waals surface area contributed by atoms with Crippen LogP contribution in [0.2, 0.25) is 0 Å². The van der Waals surface area contributed by atoms with E-state index in [1.165, 1.54) is 25.7 Å². The summed E-state index contributed by atoms with van der Waals surface area (Å²) in [5.74, 6) is 0.725. The standard InChI is InChI=1S/C10H12/c1-2-6-9(5-1)10-7-3-4-8-10/h1,6-7,9H,3-5,8H2. The molecule has 0 bridgehead atoms. The zero-order valence-corrected chi connectivity index (χ0v) is 6.14. The van der Waals surface area contributed by atoms with Gasteiger partial charge in [-0.05, 0) is 37.8 Å². The Morgan fingerprint density at radius 1 is 1.50 bits per heavy atom. The minimum Gasteiger partial charge on any atom is -0.129 e. The summed E-state index contributed by atoms with van der Waals surface area (Å²) in [7, 11) is 0. The second-order valence-electron chi connectivity index (χ2n) is 3.05. The Bertz CT molecular complexity index is 214. The lowest BCUT2D eigenvalue weighted by molar-refractivity contribution is 0.748. The monoisotopic (exact) mass is 132 g/mol. The van der Waals surface area contributed by atoms with E-state index in [1.807, 2.05) is 0 Å². The molecule has 0 aromatic heterocycles. The molecule has 0 N–H and O–H groups in total. The third-order valence-corrected chi connectivity index (χ3v) is 2.34. The van der Waals surface area contributed by atoms with Crippen molar-refractivity contribution in [2.45, 2.75) is 25.7 Å². The molecule has 0 heteroatoms. The molecular formula is C10H12. The first-order chi connectivity index (χ1) is 4.97. The van der Waals surface area contributed by atoms with Crippen LogP contribution in [0.4, 0.5) is 0 Å². The molecule has 0 aromatic carbocycles. The van der Waals surface area contributed by atoms with Crippen LogP contribution in [0.15, 0.2) is 29.5 Å². The van der Waals surface area contributed by atoms with E-state index in [4.69, 9.17) is 0 Å². The average molecular weight is 132 g/mol. The van der Waals surface area contributed by atoms with Gasteiger partial charge in [0.15, 0.2) is 0 Å². The Balaban J connectivity index is 2.06. The van der Waals surface area contributed by atoms with E-state index in [-0.39, 0.29) is 0 Å². The van der Waals surface area contributed by atoms with Crippen LogP contribution in [0.25, 0.3) is 0 Å². The normalized spacial score (nSPS) is 29.6. The molecule has 10 heavy (non-hydrogen) atoms. The van der Waals surface area contributed by atoms with Gasteiger partial charge in [0.1, 0.15) is 0 Å². The van der Waals surface area contributed by atoms with Crippen LogP contribution < -0.4 is 0 Å². The predicted octanol–water partition coefficient (Wildman–Crippen LogP) is 2.83. The first-order valence-corrected chi connectivity index (χ1v) is 4.07. The van der Waals surface area contributed by atoms with Crippen molar-refractivity contribution in [1.82, 2.24) is 0 Å². The summed E-state index contributed by atoms with van der Waals surface area (Å²) < 4.78 is 0. The van der Waals surface area contributed by atoms with E-state index in [2.05, 4.69) is 24.0 Å². The predicted molar refractivity (Wildman–Crippen MR) is 42.7 cm³/mol. The number of allylic oxidation sites excluding steroid dienone is 3. The molecule has 0 saturated carbocycles. The third kappa shape index (κ3) is 0.955. The molecule has 52 valence electrons. The van der Waals surface area contributed by atoms with Gasteiger partial charge in [-0.3, -0.25) is 0 Å². The van der Waals surface area contributed by atoms with Crippen LogP contribution in [0.3, 0.4) is 0 Å². The Morgan fingerprint density at radius 3 is 3.10 bits per heavy atom. The summed E-state index contributed by atoms with van der Waals surface area (Å²) in [4.78, 5) is 0. The molecule has 0 fully saturated rings. The summed E-state index contributed by atoms with van der Waals surface area (Å²) in [6.07, 6.45) is 12.0. The van der Waals surface area contributed by atoms with Crippen molar-refractivity contribution < 1.29 is 0 Å². The Hall–Kier alpha value is -0.740. The van der Waals surface area contributed by atoms with Gasteiger partial charge >= 0.3 is 0 Å². The summed E-state index contributed by atoms with van der Waals surface area (Å²) in [5.41, 5.74) is 4.81. The minimum atomic E-state index is 0.725. The molecule has 0 amide bonds. The SMILES string of the molecule is C1=CCC(C2=CCCC2)C=1. The molecule has 1 unspecified atom stereocenters. The smallest absolute Gasteiger partial charge is 0.00931 e. The molecule has 0 aliphatic heterocycles. The summed E-state index contributed by atoms with van der Waals surface area (Å²) in [6.45, 7) is 0. The van der Waals surface area contributed by atoms with E-state index in [1.54, 1.807) is 5.57 Å². The highest BCUT2D eigenvalue weighted by molar-refractivity contribution is 5.20. The molecule has 0 heterocycles. The first kappa shape index (κ1) is 6.00. The van der Waals surface area contributed by atoms with Crippen LogP contribution >= 0.6 is 0 Å². The summed E-state index contributed by atoms with van der Waals surface area (Å²) in [6, 6.07) is 0. The van der Waals surface area contributed by atoms with Crippen LogP contribution in [0.1, 0.15) is 25.7 Å². The van der Waals surface area contributed by atoms with Gasteiger partial charge in [-0.15, -0.1) is 5.73 Å². The minimum absolute atomic E-state index is 0.725. The van der Waals surface area contributed by atoms with Crippen molar-refractivity contribution in [2.24, 2.45) is 5.92 Å². The zero-order chi connectivity index (χ0) is 6.81. The lowest BCUT2D eigenvalue weighted by atomic mass is 9.98. The van der Waals surface area contributed by atoms with Crippen LogP contribution in [-0.4, -0.2) is 0 Å². The van der Waals surface area contributed by atoms with Crippen LogP contribution in [0.5, 0.6) is 0 Å². The molecule has 1 atom stereocenters. The van der Waals surface area contributed by atoms with Gasteiger partial charge in [-0.1, -0.05) is 11.6 Å². The molecule has 0 saturated heterocycles. The Kier molecular flexibility index (Phi) is 1.49. The van der Waals surface area contributed by atoms with Crippen LogP contribution in [-0.2, 0) is 0 Å². The molecule has 2 aliphatic carbocycles. The second kappa shape index (κ2) is 2.48. The quantitative estimate of drug-likeness (QED) is 0.380. The van der Waals surface area contributed by atoms with Gasteiger partial charge in [-0.2, -0.15) is 0 Å². The number of hydrogen-bond donors (Lipinski definition) is 0. The van der Waals surface area contributed by atoms with Gasteiger partial charge in [0.05, 0.1) is 0 Å². The van der Waals surface area contributed by atoms with Crippen molar-refractivity contribution in [3.8, 4) is 0 Å². The Labute approximate surface area is 61.9 Å².